The summed E-state index contributed by atoms with van der Waals surface area (Å²) in [6.07, 6.45) is 4.12. The molecule has 18 heavy (non-hydrogen) atoms. The van der Waals surface area contributed by atoms with Gasteiger partial charge in [-0.25, -0.2) is 0 Å². The van der Waals surface area contributed by atoms with Crippen LogP contribution in [-0.2, 0) is 10.8 Å². The quantitative estimate of drug-likeness (QED) is 0.857. The normalized spacial score (nSPS) is 18.8. The van der Waals surface area contributed by atoms with Gasteiger partial charge in [0.1, 0.15) is 0 Å². The molecule has 0 heterocycles. The molecule has 0 aliphatic heterocycles. The Balaban J connectivity index is 1.94. The van der Waals surface area contributed by atoms with Crippen molar-refractivity contribution in [2.45, 2.75) is 29.8 Å². The smallest absolute Gasteiger partial charge is 0.251 e. The second kappa shape index (κ2) is 5.20. The highest BCUT2D eigenvalue weighted by Crippen LogP contribution is 2.30. The van der Waals surface area contributed by atoms with E-state index in [2.05, 4.69) is 5.32 Å². The first-order valence-electron chi connectivity index (χ1n) is 5.94. The van der Waals surface area contributed by atoms with Crippen molar-refractivity contribution >= 4 is 16.7 Å². The maximum atomic E-state index is 11.8. The number of nitrogens with one attached hydrogen (secondary N) is 1. The third-order valence-corrected chi connectivity index (χ3v) is 4.25. The third kappa shape index (κ3) is 2.97. The zero-order chi connectivity index (χ0) is 13.2. The van der Waals surface area contributed by atoms with Gasteiger partial charge in [-0.15, -0.1) is 0 Å². The van der Waals surface area contributed by atoms with Crippen LogP contribution in [-0.4, -0.2) is 33.6 Å². The fourth-order valence-electron chi connectivity index (χ4n) is 1.91. The van der Waals surface area contributed by atoms with Gasteiger partial charge < -0.3 is 10.4 Å². The van der Waals surface area contributed by atoms with E-state index in [1.807, 2.05) is 0 Å². The second-order valence-electron chi connectivity index (χ2n) is 4.74. The second-order valence-corrected chi connectivity index (χ2v) is 6.12. The van der Waals surface area contributed by atoms with Gasteiger partial charge in [0.2, 0.25) is 0 Å². The highest BCUT2D eigenvalue weighted by molar-refractivity contribution is 7.84. The summed E-state index contributed by atoms with van der Waals surface area (Å²) in [7, 11) is -1.03. The number of carbonyl (C=O) groups is 1. The van der Waals surface area contributed by atoms with E-state index < -0.39 is 16.4 Å². The minimum absolute atomic E-state index is 0.205. The molecule has 0 bridgehead atoms. The lowest BCUT2D eigenvalue weighted by molar-refractivity contribution is -0.0300. The van der Waals surface area contributed by atoms with Gasteiger partial charge in [-0.05, 0) is 43.5 Å². The topological polar surface area (TPSA) is 66.4 Å². The molecule has 1 saturated carbocycles. The Morgan fingerprint density at radius 3 is 2.44 bits per heavy atom. The highest BCUT2D eigenvalue weighted by Gasteiger charge is 2.34. The Labute approximate surface area is 109 Å². The van der Waals surface area contributed by atoms with Gasteiger partial charge in [-0.1, -0.05) is 0 Å². The summed E-state index contributed by atoms with van der Waals surface area (Å²) in [6.45, 7) is 0.299. The van der Waals surface area contributed by atoms with Crippen LogP contribution >= 0.6 is 0 Å². The monoisotopic (exact) mass is 267 g/mol. The first-order chi connectivity index (χ1) is 8.50. The molecule has 1 aromatic carbocycles. The van der Waals surface area contributed by atoms with E-state index >= 15 is 0 Å². The van der Waals surface area contributed by atoms with E-state index in [4.69, 9.17) is 0 Å². The van der Waals surface area contributed by atoms with Gasteiger partial charge in [0.15, 0.2) is 0 Å². The van der Waals surface area contributed by atoms with Gasteiger partial charge in [0.05, 0.1) is 5.60 Å². The number of rotatable bonds is 4. The molecule has 1 atom stereocenters. The summed E-state index contributed by atoms with van der Waals surface area (Å²) in [4.78, 5) is 12.5. The molecular formula is C13H17NO3S. The Morgan fingerprint density at radius 1 is 1.39 bits per heavy atom. The van der Waals surface area contributed by atoms with Crippen molar-refractivity contribution in [1.29, 1.82) is 0 Å². The van der Waals surface area contributed by atoms with Crippen LogP contribution in [0, 0.1) is 0 Å². The molecule has 1 unspecified atom stereocenters. The highest BCUT2D eigenvalue weighted by atomic mass is 32.2. The van der Waals surface area contributed by atoms with Gasteiger partial charge in [0.25, 0.3) is 5.91 Å². The maximum absolute atomic E-state index is 11.8. The molecule has 4 nitrogen and oxygen atoms in total. The van der Waals surface area contributed by atoms with Crippen LogP contribution in [0.1, 0.15) is 29.6 Å². The molecule has 0 radical (unpaired) electrons. The van der Waals surface area contributed by atoms with Gasteiger partial charge in [-0.3, -0.25) is 9.00 Å². The molecule has 0 aromatic heterocycles. The zero-order valence-corrected chi connectivity index (χ0v) is 11.1. The van der Waals surface area contributed by atoms with Crippen molar-refractivity contribution in [3.05, 3.63) is 29.8 Å². The van der Waals surface area contributed by atoms with Crippen molar-refractivity contribution in [2.75, 3.05) is 12.8 Å². The molecular weight excluding hydrogens is 250 g/mol. The van der Waals surface area contributed by atoms with Crippen LogP contribution < -0.4 is 5.32 Å². The molecule has 98 valence electrons. The van der Waals surface area contributed by atoms with E-state index in [0.717, 1.165) is 19.3 Å². The number of hydrogen-bond donors (Lipinski definition) is 2. The van der Waals surface area contributed by atoms with Crippen molar-refractivity contribution in [3.63, 3.8) is 0 Å². The largest absolute Gasteiger partial charge is 0.388 e. The lowest BCUT2D eigenvalue weighted by Gasteiger charge is -2.36. The van der Waals surface area contributed by atoms with Crippen LogP contribution in [0.2, 0.25) is 0 Å². The predicted octanol–water partition coefficient (Wildman–Crippen LogP) is 1.07. The minimum atomic E-state index is -1.03. The summed E-state index contributed by atoms with van der Waals surface area (Å²) in [5.74, 6) is -0.205. The molecule has 2 rings (SSSR count). The number of aliphatic hydroxyl groups is 1. The van der Waals surface area contributed by atoms with Crippen LogP contribution in [0.5, 0.6) is 0 Å². The Kier molecular flexibility index (Phi) is 3.82. The van der Waals surface area contributed by atoms with Gasteiger partial charge in [-0.2, -0.15) is 0 Å². The minimum Gasteiger partial charge on any atom is -0.388 e. The Bertz CT molecular complexity index is 466. The molecule has 1 aliphatic rings. The predicted molar refractivity (Wildman–Crippen MR) is 69.9 cm³/mol. The number of benzene rings is 1. The fourth-order valence-corrected chi connectivity index (χ4v) is 2.43. The number of amides is 1. The van der Waals surface area contributed by atoms with Crippen LogP contribution in [0.4, 0.5) is 0 Å². The maximum Gasteiger partial charge on any atom is 0.251 e. The van der Waals surface area contributed by atoms with Crippen molar-refractivity contribution in [1.82, 2.24) is 5.32 Å². The summed E-state index contributed by atoms with van der Waals surface area (Å²) < 4.78 is 11.2. The zero-order valence-electron chi connectivity index (χ0n) is 10.3. The van der Waals surface area contributed by atoms with E-state index in [0.29, 0.717) is 17.0 Å². The van der Waals surface area contributed by atoms with Crippen LogP contribution in [0.25, 0.3) is 0 Å². The Hall–Kier alpha value is -1.20. The SMILES string of the molecule is CS(=O)c1ccc(C(=O)NCC2(O)CCC2)cc1. The van der Waals surface area contributed by atoms with E-state index in [1.165, 1.54) is 0 Å². The van der Waals surface area contributed by atoms with Gasteiger partial charge >= 0.3 is 0 Å². The van der Waals surface area contributed by atoms with E-state index in [1.54, 1.807) is 30.5 Å². The number of hydrogen-bond acceptors (Lipinski definition) is 3. The molecule has 1 fully saturated rings. The molecule has 0 spiro atoms. The molecule has 2 N–H and O–H groups in total. The molecule has 1 aliphatic carbocycles. The third-order valence-electron chi connectivity index (χ3n) is 3.31. The molecule has 1 amide bonds. The molecule has 5 heteroatoms. The standard InChI is InChI=1S/C13H17NO3S/c1-18(17)11-5-3-10(4-6-11)12(15)14-9-13(16)7-2-8-13/h3-6,16H,2,7-9H2,1H3,(H,14,15). The first kappa shape index (κ1) is 13.2. The lowest BCUT2D eigenvalue weighted by atomic mass is 9.80. The van der Waals surface area contributed by atoms with Crippen LogP contribution in [0.15, 0.2) is 29.2 Å². The van der Waals surface area contributed by atoms with Gasteiger partial charge in [0, 0.05) is 34.1 Å². The van der Waals surface area contributed by atoms with E-state index in [-0.39, 0.29) is 5.91 Å². The summed E-state index contributed by atoms with van der Waals surface area (Å²) in [6, 6.07) is 6.67. The summed E-state index contributed by atoms with van der Waals surface area (Å²) in [5, 5.41) is 12.6. The van der Waals surface area contributed by atoms with Crippen molar-refractivity contribution < 1.29 is 14.1 Å². The first-order valence-corrected chi connectivity index (χ1v) is 7.50. The van der Waals surface area contributed by atoms with Crippen molar-refractivity contribution in [3.8, 4) is 0 Å². The van der Waals surface area contributed by atoms with Crippen LogP contribution in [0.3, 0.4) is 0 Å². The van der Waals surface area contributed by atoms with E-state index in [9.17, 15) is 14.1 Å². The summed E-state index contributed by atoms with van der Waals surface area (Å²) in [5.41, 5.74) is -0.187. The molecule has 0 saturated heterocycles. The lowest BCUT2D eigenvalue weighted by Crippen LogP contribution is -2.47. The average molecular weight is 267 g/mol. The summed E-state index contributed by atoms with van der Waals surface area (Å²) >= 11 is 0. The molecule has 1 aromatic rings. The number of carbonyl (C=O) groups excluding carboxylic acids is 1. The Morgan fingerprint density at radius 2 is 2.00 bits per heavy atom. The average Bonchev–Trinajstić information content (AvgIpc) is 2.33. The van der Waals surface area contributed by atoms with Crippen molar-refractivity contribution in [2.24, 2.45) is 0 Å². The fraction of sp³-hybridized carbons (Fsp3) is 0.462.